The van der Waals surface area contributed by atoms with Crippen molar-refractivity contribution in [3.63, 3.8) is 0 Å². The molecule has 0 aromatic heterocycles. The van der Waals surface area contributed by atoms with E-state index in [2.05, 4.69) is 4.74 Å². The lowest BCUT2D eigenvalue weighted by Crippen LogP contribution is -2.27. The van der Waals surface area contributed by atoms with Crippen molar-refractivity contribution in [3.05, 3.63) is 21.5 Å². The molecule has 0 amide bonds. The Kier molecular flexibility index (Phi) is 5.13. The third-order valence-electron chi connectivity index (χ3n) is 1.21. The topological polar surface area (TPSA) is 95.5 Å². The molecule has 0 aliphatic heterocycles. The quantitative estimate of drug-likeness (QED) is 0.276. The number of rotatable bonds is 3. The smallest absolute Gasteiger partial charge is 0.411 e. The Bertz CT molecular complexity index is 310. The lowest BCUT2D eigenvalue weighted by Gasteiger charge is -2.10. The van der Waals surface area contributed by atoms with Crippen molar-refractivity contribution in [2.45, 2.75) is 10.7 Å². The third kappa shape index (κ3) is 4.11. The molecule has 0 aromatic rings. The number of carbonyl (C=O) groups is 1. The highest BCUT2D eigenvalue weighted by Gasteiger charge is 2.38. The van der Waals surface area contributed by atoms with E-state index >= 15 is 0 Å². The van der Waals surface area contributed by atoms with Gasteiger partial charge in [0, 0.05) is 0 Å². The van der Waals surface area contributed by atoms with E-state index in [0.717, 1.165) is 0 Å². The van der Waals surface area contributed by atoms with Crippen molar-refractivity contribution < 1.29 is 14.5 Å². The van der Waals surface area contributed by atoms with Crippen LogP contribution in [-0.4, -0.2) is 21.3 Å². The van der Waals surface area contributed by atoms with E-state index in [1.165, 1.54) is 6.92 Å². The van der Waals surface area contributed by atoms with Crippen LogP contribution in [0.2, 0.25) is 0 Å². The average molecular weight is 277 g/mol. The molecule has 0 atom stereocenters. The molecule has 9 heteroatoms. The highest BCUT2D eigenvalue weighted by molar-refractivity contribution is 6.69. The van der Waals surface area contributed by atoms with Gasteiger partial charge in [0.25, 0.3) is 0 Å². The summed E-state index contributed by atoms with van der Waals surface area (Å²) in [6.07, 6.45) is 0. The molecule has 0 rings (SSSR count). The van der Waals surface area contributed by atoms with Gasteiger partial charge in [0.15, 0.2) is 0 Å². The Labute approximate surface area is 100 Å². The maximum atomic E-state index is 11.1. The van der Waals surface area contributed by atoms with Crippen molar-refractivity contribution in [1.29, 1.82) is 0 Å². The number of alkyl halides is 3. The molecular formula is C6H7Cl3N2O4. The molecule has 0 aliphatic rings. The highest BCUT2D eigenvalue weighted by atomic mass is 35.6. The van der Waals surface area contributed by atoms with Crippen molar-refractivity contribution in [2.24, 2.45) is 5.73 Å². The molecule has 0 fully saturated rings. The Balaban J connectivity index is 5.31. The first-order chi connectivity index (χ1) is 6.71. The lowest BCUT2D eigenvalue weighted by atomic mass is 10.3. The van der Waals surface area contributed by atoms with Crippen LogP contribution in [0.5, 0.6) is 0 Å². The van der Waals surface area contributed by atoms with Crippen LogP contribution in [-0.2, 0) is 9.53 Å². The molecule has 0 heterocycles. The normalized spacial score (nSPS) is 13.1. The second kappa shape index (κ2) is 5.39. The van der Waals surface area contributed by atoms with E-state index in [0.29, 0.717) is 0 Å². The Morgan fingerprint density at radius 3 is 2.27 bits per heavy atom. The number of hydrogen-bond donors (Lipinski definition) is 1. The molecule has 15 heavy (non-hydrogen) atoms. The number of allylic oxidation sites excluding steroid dienone is 1. The van der Waals surface area contributed by atoms with E-state index < -0.39 is 26.1 Å². The summed E-state index contributed by atoms with van der Waals surface area (Å²) in [4.78, 5) is 20.5. The summed E-state index contributed by atoms with van der Waals surface area (Å²) in [6, 6.07) is 0. The zero-order valence-electron chi connectivity index (χ0n) is 7.50. The summed E-state index contributed by atoms with van der Waals surface area (Å²) in [5.74, 6) is -1.24. The van der Waals surface area contributed by atoms with Crippen LogP contribution in [0.1, 0.15) is 6.92 Å². The van der Waals surface area contributed by atoms with Gasteiger partial charge < -0.3 is 10.5 Å². The van der Waals surface area contributed by atoms with Crippen molar-refractivity contribution in [1.82, 2.24) is 0 Å². The number of hydrogen-bond acceptors (Lipinski definition) is 5. The van der Waals surface area contributed by atoms with Crippen LogP contribution >= 0.6 is 34.8 Å². The monoisotopic (exact) mass is 276 g/mol. The van der Waals surface area contributed by atoms with Crippen LogP contribution in [0, 0.1) is 10.1 Å². The van der Waals surface area contributed by atoms with Gasteiger partial charge in [-0.05, 0) is 6.92 Å². The summed E-state index contributed by atoms with van der Waals surface area (Å²) in [6.45, 7) is 1.42. The summed E-state index contributed by atoms with van der Waals surface area (Å²) < 4.78 is 2.16. The fourth-order valence-electron chi connectivity index (χ4n) is 0.617. The maximum absolute atomic E-state index is 11.1. The molecule has 0 spiro atoms. The van der Waals surface area contributed by atoms with Crippen molar-refractivity contribution >= 4 is 40.8 Å². The number of halogens is 3. The van der Waals surface area contributed by atoms with E-state index in [9.17, 15) is 14.9 Å². The number of nitrogens with two attached hydrogens (primary N) is 1. The molecule has 0 bridgehead atoms. The molecule has 0 aliphatic carbocycles. The fourth-order valence-corrected chi connectivity index (χ4v) is 0.885. The predicted molar refractivity (Wildman–Crippen MR) is 55.1 cm³/mol. The van der Waals surface area contributed by atoms with Gasteiger partial charge in [-0.2, -0.15) is 0 Å². The number of ether oxygens (including phenoxy) is 1. The number of nitro groups is 1. The summed E-state index contributed by atoms with van der Waals surface area (Å²) >= 11 is 15.9. The van der Waals surface area contributed by atoms with E-state index in [4.69, 9.17) is 40.5 Å². The highest BCUT2D eigenvalue weighted by Crippen LogP contribution is 2.33. The van der Waals surface area contributed by atoms with Crippen LogP contribution < -0.4 is 5.73 Å². The van der Waals surface area contributed by atoms with Crippen LogP contribution in [0.3, 0.4) is 0 Å². The zero-order chi connectivity index (χ0) is 12.2. The SMILES string of the molecule is CCOC(=O)/C(=C(\N)C(Cl)(Cl)Cl)[N+](=O)[O-]. The van der Waals surface area contributed by atoms with E-state index in [1.807, 2.05) is 0 Å². The minimum absolute atomic E-state index is 0.0523. The van der Waals surface area contributed by atoms with Crippen molar-refractivity contribution in [3.8, 4) is 0 Å². The molecule has 6 nitrogen and oxygen atoms in total. The standard InChI is InChI=1S/C6H7Cl3N2O4/c1-2-15-5(12)3(11(13)14)4(10)6(7,8)9/h2,10H2,1H3/b4-3+. The average Bonchev–Trinajstić information content (AvgIpc) is 2.02. The molecule has 0 saturated carbocycles. The van der Waals surface area contributed by atoms with Gasteiger partial charge in [-0.3, -0.25) is 10.1 Å². The summed E-state index contributed by atoms with van der Waals surface area (Å²) in [7, 11) is 0. The largest absolute Gasteiger partial charge is 0.458 e. The number of carbonyl (C=O) groups excluding carboxylic acids is 1. The second-order valence-electron chi connectivity index (χ2n) is 2.24. The molecular weight excluding hydrogens is 270 g/mol. The molecule has 0 aromatic carbocycles. The van der Waals surface area contributed by atoms with Gasteiger partial charge in [0.1, 0.15) is 5.70 Å². The first-order valence-corrected chi connectivity index (χ1v) is 4.73. The van der Waals surface area contributed by atoms with Gasteiger partial charge in [0.05, 0.1) is 11.5 Å². The van der Waals surface area contributed by atoms with Gasteiger partial charge in [-0.1, -0.05) is 34.8 Å². The van der Waals surface area contributed by atoms with E-state index in [1.54, 1.807) is 0 Å². The molecule has 0 radical (unpaired) electrons. The Hall–Kier alpha value is -0.720. The van der Waals surface area contributed by atoms with Crippen LogP contribution in [0.25, 0.3) is 0 Å². The van der Waals surface area contributed by atoms with Gasteiger partial charge in [0.2, 0.25) is 3.79 Å². The molecule has 86 valence electrons. The fraction of sp³-hybridized carbons (Fsp3) is 0.500. The third-order valence-corrected chi connectivity index (χ3v) is 1.82. The van der Waals surface area contributed by atoms with Gasteiger partial charge in [-0.15, -0.1) is 0 Å². The lowest BCUT2D eigenvalue weighted by molar-refractivity contribution is -0.422. The molecule has 0 saturated heterocycles. The van der Waals surface area contributed by atoms with Crippen molar-refractivity contribution in [2.75, 3.05) is 6.61 Å². The zero-order valence-corrected chi connectivity index (χ0v) is 9.77. The predicted octanol–water partition coefficient (Wildman–Crippen LogP) is 1.37. The van der Waals surface area contributed by atoms with Crippen LogP contribution in [0.15, 0.2) is 11.4 Å². The first-order valence-electron chi connectivity index (χ1n) is 3.60. The minimum atomic E-state index is -2.23. The van der Waals surface area contributed by atoms with Gasteiger partial charge >= 0.3 is 11.7 Å². The summed E-state index contributed by atoms with van der Waals surface area (Å²) in [5.41, 5.74) is 3.31. The number of nitrogens with zero attached hydrogens (tertiary/aromatic N) is 1. The Morgan fingerprint density at radius 1 is 1.53 bits per heavy atom. The molecule has 2 N–H and O–H groups in total. The minimum Gasteiger partial charge on any atom is -0.458 e. The van der Waals surface area contributed by atoms with Crippen LogP contribution in [0.4, 0.5) is 0 Å². The first kappa shape index (κ1) is 14.3. The second-order valence-corrected chi connectivity index (χ2v) is 4.52. The maximum Gasteiger partial charge on any atom is 0.411 e. The summed E-state index contributed by atoms with van der Waals surface area (Å²) in [5, 5.41) is 10.5. The number of esters is 1. The Morgan fingerprint density at radius 2 is 2.00 bits per heavy atom. The van der Waals surface area contributed by atoms with Gasteiger partial charge in [-0.25, -0.2) is 4.79 Å². The van der Waals surface area contributed by atoms with E-state index in [-0.39, 0.29) is 6.61 Å². The molecule has 0 unspecified atom stereocenters.